The van der Waals surface area contributed by atoms with Crippen molar-refractivity contribution in [2.24, 2.45) is 0 Å². The largest absolute Gasteiger partial charge is 0.355 e. The molecule has 0 spiro atoms. The fourth-order valence-electron chi connectivity index (χ4n) is 3.55. The van der Waals surface area contributed by atoms with Gasteiger partial charge in [0.15, 0.2) is 0 Å². The lowest BCUT2D eigenvalue weighted by Gasteiger charge is -2.37. The van der Waals surface area contributed by atoms with Gasteiger partial charge >= 0.3 is 0 Å². The maximum Gasteiger partial charge on any atom is 0.132 e. The first kappa shape index (κ1) is 14.7. The van der Waals surface area contributed by atoms with Crippen LogP contribution in [0.5, 0.6) is 0 Å². The van der Waals surface area contributed by atoms with Crippen LogP contribution in [0.15, 0.2) is 6.07 Å². The summed E-state index contributed by atoms with van der Waals surface area (Å²) in [7, 11) is 0. The van der Waals surface area contributed by atoms with Gasteiger partial charge in [0, 0.05) is 57.1 Å². The van der Waals surface area contributed by atoms with E-state index >= 15 is 0 Å². The van der Waals surface area contributed by atoms with E-state index in [0.29, 0.717) is 6.04 Å². The van der Waals surface area contributed by atoms with Crippen molar-refractivity contribution in [1.29, 1.82) is 0 Å². The van der Waals surface area contributed by atoms with Crippen LogP contribution in [0.25, 0.3) is 0 Å². The van der Waals surface area contributed by atoms with E-state index in [1.54, 1.807) is 0 Å². The SMILES string of the molecule is CCN1CCN(C2CCN(c3cc(C)nc(C)n3)C2)CC1. The van der Waals surface area contributed by atoms with Gasteiger partial charge in [-0.05, 0) is 26.8 Å². The molecule has 3 rings (SSSR count). The molecule has 1 atom stereocenters. The molecule has 21 heavy (non-hydrogen) atoms. The Morgan fingerprint density at radius 1 is 1.10 bits per heavy atom. The summed E-state index contributed by atoms with van der Waals surface area (Å²) in [6, 6.07) is 2.81. The zero-order chi connectivity index (χ0) is 14.8. The normalized spacial score (nSPS) is 24.7. The van der Waals surface area contributed by atoms with Crippen molar-refractivity contribution in [3.63, 3.8) is 0 Å². The van der Waals surface area contributed by atoms with E-state index in [2.05, 4.69) is 44.6 Å². The van der Waals surface area contributed by atoms with Crippen LogP contribution >= 0.6 is 0 Å². The van der Waals surface area contributed by atoms with Crippen LogP contribution in [0.3, 0.4) is 0 Å². The average Bonchev–Trinajstić information content (AvgIpc) is 2.96. The summed E-state index contributed by atoms with van der Waals surface area (Å²) in [4.78, 5) is 16.6. The molecule has 0 bridgehead atoms. The van der Waals surface area contributed by atoms with E-state index in [1.165, 1.54) is 39.1 Å². The summed E-state index contributed by atoms with van der Waals surface area (Å²) >= 11 is 0. The maximum atomic E-state index is 4.61. The third-order valence-corrected chi connectivity index (χ3v) is 4.81. The third kappa shape index (κ3) is 3.35. The van der Waals surface area contributed by atoms with E-state index in [1.807, 2.05) is 6.92 Å². The molecule has 2 fully saturated rings. The predicted molar refractivity (Wildman–Crippen MR) is 85.8 cm³/mol. The molecule has 5 nitrogen and oxygen atoms in total. The average molecular weight is 289 g/mol. The van der Waals surface area contributed by atoms with Crippen molar-refractivity contribution < 1.29 is 0 Å². The van der Waals surface area contributed by atoms with Gasteiger partial charge in [0.05, 0.1) is 0 Å². The summed E-state index contributed by atoms with van der Waals surface area (Å²) in [6.45, 7) is 14.6. The van der Waals surface area contributed by atoms with Crippen molar-refractivity contribution in [3.05, 3.63) is 17.6 Å². The molecular weight excluding hydrogens is 262 g/mol. The van der Waals surface area contributed by atoms with Crippen molar-refractivity contribution in [2.75, 3.05) is 50.7 Å². The number of rotatable bonds is 3. The second-order valence-corrected chi connectivity index (χ2v) is 6.27. The van der Waals surface area contributed by atoms with E-state index in [0.717, 1.165) is 30.4 Å². The topological polar surface area (TPSA) is 35.5 Å². The standard InChI is InChI=1S/C16H27N5/c1-4-19-7-9-20(10-8-19)15-5-6-21(12-15)16-11-13(2)17-14(3)18-16/h11,15H,4-10,12H2,1-3H3. The van der Waals surface area contributed by atoms with Gasteiger partial charge in [-0.15, -0.1) is 0 Å². The highest BCUT2D eigenvalue weighted by atomic mass is 15.3. The highest BCUT2D eigenvalue weighted by molar-refractivity contribution is 5.41. The molecule has 0 amide bonds. The van der Waals surface area contributed by atoms with Gasteiger partial charge < -0.3 is 9.80 Å². The number of hydrogen-bond donors (Lipinski definition) is 0. The predicted octanol–water partition coefficient (Wildman–Crippen LogP) is 1.31. The Kier molecular flexibility index (Phi) is 4.40. The molecule has 1 unspecified atom stereocenters. The molecule has 2 aliphatic heterocycles. The number of anilines is 1. The van der Waals surface area contributed by atoms with Gasteiger partial charge in [0.25, 0.3) is 0 Å². The summed E-state index contributed by atoms with van der Waals surface area (Å²) in [5, 5.41) is 0. The molecule has 0 radical (unpaired) electrons. The van der Waals surface area contributed by atoms with Crippen LogP contribution < -0.4 is 4.90 Å². The Morgan fingerprint density at radius 2 is 1.86 bits per heavy atom. The summed E-state index contributed by atoms with van der Waals surface area (Å²) in [5.41, 5.74) is 1.07. The molecule has 0 aromatic carbocycles. The Balaban J connectivity index is 1.60. The molecular formula is C16H27N5. The van der Waals surface area contributed by atoms with Crippen molar-refractivity contribution in [1.82, 2.24) is 19.8 Å². The molecule has 3 heterocycles. The van der Waals surface area contributed by atoms with Gasteiger partial charge in [-0.25, -0.2) is 9.97 Å². The van der Waals surface area contributed by atoms with Gasteiger partial charge in [-0.3, -0.25) is 4.90 Å². The maximum absolute atomic E-state index is 4.61. The first-order chi connectivity index (χ1) is 10.2. The Hall–Kier alpha value is -1.20. The van der Waals surface area contributed by atoms with Crippen LogP contribution in [-0.4, -0.2) is 71.6 Å². The quantitative estimate of drug-likeness (QED) is 0.838. The lowest BCUT2D eigenvalue weighted by molar-refractivity contribution is 0.107. The monoisotopic (exact) mass is 289 g/mol. The van der Waals surface area contributed by atoms with Crippen LogP contribution in [0.4, 0.5) is 5.82 Å². The summed E-state index contributed by atoms with van der Waals surface area (Å²) < 4.78 is 0. The van der Waals surface area contributed by atoms with Gasteiger partial charge in [-0.2, -0.15) is 0 Å². The summed E-state index contributed by atoms with van der Waals surface area (Å²) in [6.07, 6.45) is 1.26. The molecule has 5 heteroatoms. The Morgan fingerprint density at radius 3 is 2.52 bits per heavy atom. The molecule has 116 valence electrons. The minimum Gasteiger partial charge on any atom is -0.355 e. The molecule has 2 saturated heterocycles. The first-order valence-electron chi connectivity index (χ1n) is 8.19. The minimum atomic E-state index is 0.694. The number of aryl methyl sites for hydroxylation is 2. The van der Waals surface area contributed by atoms with Gasteiger partial charge in [-0.1, -0.05) is 6.92 Å². The molecule has 1 aromatic heterocycles. The van der Waals surface area contributed by atoms with Crippen LogP contribution in [-0.2, 0) is 0 Å². The third-order valence-electron chi connectivity index (χ3n) is 4.81. The van der Waals surface area contributed by atoms with Crippen LogP contribution in [0, 0.1) is 13.8 Å². The highest BCUT2D eigenvalue weighted by Crippen LogP contribution is 2.22. The molecule has 0 saturated carbocycles. The number of nitrogens with zero attached hydrogens (tertiary/aromatic N) is 5. The fourth-order valence-corrected chi connectivity index (χ4v) is 3.55. The van der Waals surface area contributed by atoms with Gasteiger partial charge in [0.1, 0.15) is 11.6 Å². The van der Waals surface area contributed by atoms with E-state index < -0.39 is 0 Å². The van der Waals surface area contributed by atoms with Gasteiger partial charge in [0.2, 0.25) is 0 Å². The molecule has 2 aliphatic rings. The number of likely N-dealkylation sites (N-methyl/N-ethyl adjacent to an activating group) is 1. The zero-order valence-electron chi connectivity index (χ0n) is 13.5. The lowest BCUT2D eigenvalue weighted by Crippen LogP contribution is -2.50. The molecule has 1 aromatic rings. The Bertz CT molecular complexity index is 461. The molecule has 0 aliphatic carbocycles. The van der Waals surface area contributed by atoms with Crippen molar-refractivity contribution in [2.45, 2.75) is 33.2 Å². The Labute approximate surface area is 128 Å². The summed E-state index contributed by atoms with van der Waals surface area (Å²) in [5.74, 6) is 1.99. The van der Waals surface area contributed by atoms with Crippen molar-refractivity contribution in [3.8, 4) is 0 Å². The second-order valence-electron chi connectivity index (χ2n) is 6.27. The van der Waals surface area contributed by atoms with Crippen LogP contribution in [0.1, 0.15) is 24.9 Å². The molecule has 0 N–H and O–H groups in total. The minimum absolute atomic E-state index is 0.694. The van der Waals surface area contributed by atoms with E-state index in [9.17, 15) is 0 Å². The van der Waals surface area contributed by atoms with E-state index in [-0.39, 0.29) is 0 Å². The second kappa shape index (κ2) is 6.28. The van der Waals surface area contributed by atoms with Crippen LogP contribution in [0.2, 0.25) is 0 Å². The lowest BCUT2D eigenvalue weighted by atomic mass is 10.2. The number of aromatic nitrogens is 2. The zero-order valence-corrected chi connectivity index (χ0v) is 13.5. The van der Waals surface area contributed by atoms with Crippen molar-refractivity contribution >= 4 is 5.82 Å². The van der Waals surface area contributed by atoms with E-state index in [4.69, 9.17) is 0 Å². The number of hydrogen-bond acceptors (Lipinski definition) is 5. The number of piperazine rings is 1. The fraction of sp³-hybridized carbons (Fsp3) is 0.750. The first-order valence-corrected chi connectivity index (χ1v) is 8.19. The smallest absolute Gasteiger partial charge is 0.132 e. The highest BCUT2D eigenvalue weighted by Gasteiger charge is 2.30.